The number of rotatable bonds is 10. The first-order valence-electron chi connectivity index (χ1n) is 8.32. The second-order valence-electron chi connectivity index (χ2n) is 5.63. The monoisotopic (exact) mass is 329 g/mol. The molecule has 0 heterocycles. The Kier molecular flexibility index (Phi) is 7.43. The van der Waals surface area contributed by atoms with Gasteiger partial charge in [0.05, 0.1) is 26.9 Å². The summed E-state index contributed by atoms with van der Waals surface area (Å²) < 4.78 is 16.2. The molecule has 2 aromatic rings. The summed E-state index contributed by atoms with van der Waals surface area (Å²) in [5.41, 5.74) is 2.42. The van der Waals surface area contributed by atoms with Crippen molar-refractivity contribution >= 4 is 0 Å². The second kappa shape index (κ2) is 9.83. The SMILES string of the molecule is COc1cc(OC)c(CNCCCCc2ccccc2)c(OC)c1. The lowest BCUT2D eigenvalue weighted by Gasteiger charge is -2.15. The zero-order valence-electron chi connectivity index (χ0n) is 14.8. The minimum atomic E-state index is 0.710. The predicted octanol–water partition coefficient (Wildman–Crippen LogP) is 3.82. The molecule has 2 aromatic carbocycles. The smallest absolute Gasteiger partial charge is 0.130 e. The summed E-state index contributed by atoms with van der Waals surface area (Å²) in [6.07, 6.45) is 3.43. The van der Waals surface area contributed by atoms with E-state index in [2.05, 4.69) is 35.6 Å². The fraction of sp³-hybridized carbons (Fsp3) is 0.400. The average molecular weight is 329 g/mol. The van der Waals surface area contributed by atoms with Crippen molar-refractivity contribution in [1.29, 1.82) is 0 Å². The van der Waals surface area contributed by atoms with Crippen LogP contribution in [0, 0.1) is 0 Å². The Morgan fingerprint density at radius 1 is 0.833 bits per heavy atom. The molecule has 0 saturated carbocycles. The molecule has 130 valence electrons. The van der Waals surface area contributed by atoms with Crippen LogP contribution in [-0.4, -0.2) is 27.9 Å². The van der Waals surface area contributed by atoms with Crippen LogP contribution in [0.2, 0.25) is 0 Å². The van der Waals surface area contributed by atoms with Gasteiger partial charge in [0.2, 0.25) is 0 Å². The molecule has 0 amide bonds. The van der Waals surface area contributed by atoms with Crippen LogP contribution in [0.4, 0.5) is 0 Å². The Morgan fingerprint density at radius 3 is 2.08 bits per heavy atom. The third kappa shape index (κ3) is 5.17. The van der Waals surface area contributed by atoms with E-state index in [0.717, 1.165) is 42.2 Å². The van der Waals surface area contributed by atoms with E-state index in [9.17, 15) is 0 Å². The maximum atomic E-state index is 5.47. The van der Waals surface area contributed by atoms with Gasteiger partial charge < -0.3 is 19.5 Å². The molecule has 0 spiro atoms. The van der Waals surface area contributed by atoms with E-state index in [0.29, 0.717) is 6.54 Å². The molecule has 0 unspecified atom stereocenters. The fourth-order valence-electron chi connectivity index (χ4n) is 2.69. The number of ether oxygens (including phenoxy) is 3. The van der Waals surface area contributed by atoms with Gasteiger partial charge in [-0.2, -0.15) is 0 Å². The van der Waals surface area contributed by atoms with Gasteiger partial charge in [-0.3, -0.25) is 0 Å². The Hall–Kier alpha value is -2.20. The molecule has 0 fully saturated rings. The zero-order chi connectivity index (χ0) is 17.2. The molecule has 1 N–H and O–H groups in total. The zero-order valence-corrected chi connectivity index (χ0v) is 14.8. The molecule has 0 aromatic heterocycles. The molecule has 2 rings (SSSR count). The minimum absolute atomic E-state index is 0.710. The van der Waals surface area contributed by atoms with Crippen molar-refractivity contribution in [2.75, 3.05) is 27.9 Å². The third-order valence-electron chi connectivity index (χ3n) is 4.03. The van der Waals surface area contributed by atoms with Crippen LogP contribution in [0.3, 0.4) is 0 Å². The molecular weight excluding hydrogens is 302 g/mol. The van der Waals surface area contributed by atoms with Gasteiger partial charge in [0.25, 0.3) is 0 Å². The van der Waals surface area contributed by atoms with Gasteiger partial charge in [-0.05, 0) is 31.4 Å². The van der Waals surface area contributed by atoms with Crippen LogP contribution in [0.1, 0.15) is 24.0 Å². The summed E-state index contributed by atoms with van der Waals surface area (Å²) in [6.45, 7) is 1.67. The largest absolute Gasteiger partial charge is 0.496 e. The molecule has 0 aliphatic heterocycles. The molecule has 0 atom stereocenters. The highest BCUT2D eigenvalue weighted by Crippen LogP contribution is 2.33. The highest BCUT2D eigenvalue weighted by atomic mass is 16.5. The number of unbranched alkanes of at least 4 members (excludes halogenated alkanes) is 1. The molecule has 4 heteroatoms. The van der Waals surface area contributed by atoms with Crippen molar-refractivity contribution < 1.29 is 14.2 Å². The predicted molar refractivity (Wildman–Crippen MR) is 97.2 cm³/mol. The van der Waals surface area contributed by atoms with E-state index in [1.807, 2.05) is 12.1 Å². The van der Waals surface area contributed by atoms with Crippen molar-refractivity contribution in [3.8, 4) is 17.2 Å². The first kappa shape index (κ1) is 18.1. The van der Waals surface area contributed by atoms with Gasteiger partial charge in [-0.25, -0.2) is 0 Å². The van der Waals surface area contributed by atoms with E-state index >= 15 is 0 Å². The van der Waals surface area contributed by atoms with E-state index in [-0.39, 0.29) is 0 Å². The Balaban J connectivity index is 1.81. The molecule has 0 radical (unpaired) electrons. The van der Waals surface area contributed by atoms with Crippen molar-refractivity contribution in [2.45, 2.75) is 25.8 Å². The maximum absolute atomic E-state index is 5.47. The summed E-state index contributed by atoms with van der Waals surface area (Å²) >= 11 is 0. The summed E-state index contributed by atoms with van der Waals surface area (Å²) in [5, 5.41) is 3.47. The molecule has 0 aliphatic rings. The van der Waals surface area contributed by atoms with Crippen molar-refractivity contribution in [3.05, 3.63) is 53.6 Å². The molecule has 4 nitrogen and oxygen atoms in total. The number of hydrogen-bond donors (Lipinski definition) is 1. The number of aryl methyl sites for hydroxylation is 1. The summed E-state index contributed by atoms with van der Waals surface area (Å²) in [5.74, 6) is 2.29. The number of benzene rings is 2. The summed E-state index contributed by atoms with van der Waals surface area (Å²) in [7, 11) is 4.97. The number of methoxy groups -OCH3 is 3. The summed E-state index contributed by atoms with van der Waals surface area (Å²) in [4.78, 5) is 0. The lowest BCUT2D eigenvalue weighted by Crippen LogP contribution is -2.16. The van der Waals surface area contributed by atoms with Gasteiger partial charge in [0.1, 0.15) is 17.2 Å². The lowest BCUT2D eigenvalue weighted by molar-refractivity contribution is 0.366. The summed E-state index contributed by atoms with van der Waals surface area (Å²) in [6, 6.07) is 14.4. The van der Waals surface area contributed by atoms with E-state index < -0.39 is 0 Å². The first-order valence-corrected chi connectivity index (χ1v) is 8.32. The van der Waals surface area contributed by atoms with Crippen molar-refractivity contribution in [1.82, 2.24) is 5.32 Å². The Labute approximate surface area is 144 Å². The molecule has 0 aliphatic carbocycles. The topological polar surface area (TPSA) is 39.7 Å². The van der Waals surface area contributed by atoms with Gasteiger partial charge in [-0.1, -0.05) is 30.3 Å². The highest BCUT2D eigenvalue weighted by Gasteiger charge is 2.12. The standard InChI is InChI=1S/C20H27NO3/c1-22-17-13-19(23-2)18(20(14-17)24-3)15-21-12-8-7-11-16-9-5-4-6-10-16/h4-6,9-10,13-14,21H,7-8,11-12,15H2,1-3H3. The second-order valence-corrected chi connectivity index (χ2v) is 5.63. The molecular formula is C20H27NO3. The number of hydrogen-bond acceptors (Lipinski definition) is 4. The van der Waals surface area contributed by atoms with Crippen LogP contribution >= 0.6 is 0 Å². The van der Waals surface area contributed by atoms with Gasteiger partial charge in [0, 0.05) is 18.7 Å². The van der Waals surface area contributed by atoms with Crippen LogP contribution < -0.4 is 19.5 Å². The van der Waals surface area contributed by atoms with E-state index in [1.54, 1.807) is 21.3 Å². The van der Waals surface area contributed by atoms with Crippen LogP contribution in [-0.2, 0) is 13.0 Å². The maximum Gasteiger partial charge on any atom is 0.130 e. The van der Waals surface area contributed by atoms with Gasteiger partial charge >= 0.3 is 0 Å². The lowest BCUT2D eigenvalue weighted by atomic mass is 10.1. The van der Waals surface area contributed by atoms with Crippen molar-refractivity contribution in [3.63, 3.8) is 0 Å². The average Bonchev–Trinajstić information content (AvgIpc) is 2.64. The third-order valence-corrected chi connectivity index (χ3v) is 4.03. The highest BCUT2D eigenvalue weighted by molar-refractivity contribution is 5.50. The first-order chi connectivity index (χ1) is 11.8. The van der Waals surface area contributed by atoms with Crippen LogP contribution in [0.5, 0.6) is 17.2 Å². The molecule has 24 heavy (non-hydrogen) atoms. The fourth-order valence-corrected chi connectivity index (χ4v) is 2.69. The van der Waals surface area contributed by atoms with Crippen LogP contribution in [0.25, 0.3) is 0 Å². The molecule has 0 saturated heterocycles. The molecule has 0 bridgehead atoms. The Bertz CT molecular complexity index is 589. The van der Waals surface area contributed by atoms with Crippen LogP contribution in [0.15, 0.2) is 42.5 Å². The van der Waals surface area contributed by atoms with Gasteiger partial charge in [0.15, 0.2) is 0 Å². The van der Waals surface area contributed by atoms with Gasteiger partial charge in [-0.15, -0.1) is 0 Å². The van der Waals surface area contributed by atoms with E-state index in [1.165, 1.54) is 12.0 Å². The quantitative estimate of drug-likeness (QED) is 0.673. The normalized spacial score (nSPS) is 10.5. The van der Waals surface area contributed by atoms with Crippen molar-refractivity contribution in [2.24, 2.45) is 0 Å². The van der Waals surface area contributed by atoms with E-state index in [4.69, 9.17) is 14.2 Å². The minimum Gasteiger partial charge on any atom is -0.496 e. The number of nitrogens with one attached hydrogen (secondary N) is 1. The Morgan fingerprint density at radius 2 is 1.50 bits per heavy atom.